The Balaban J connectivity index is 1.87. The van der Waals surface area contributed by atoms with Crippen molar-refractivity contribution in [2.75, 3.05) is 5.73 Å². The molecule has 1 aromatic heterocycles. The highest BCUT2D eigenvalue weighted by atomic mass is 32.2. The molecule has 4 heteroatoms. The van der Waals surface area contributed by atoms with Gasteiger partial charge in [0.15, 0.2) is 0 Å². The summed E-state index contributed by atoms with van der Waals surface area (Å²) in [5.41, 5.74) is 10.7. The lowest BCUT2D eigenvalue weighted by Gasteiger charge is -2.07. The number of rotatable bonds is 3. The first-order chi connectivity index (χ1) is 9.63. The summed E-state index contributed by atoms with van der Waals surface area (Å²) in [5, 5.41) is 1.08. The Morgan fingerprint density at radius 3 is 2.80 bits per heavy atom. The van der Waals surface area contributed by atoms with Gasteiger partial charge in [0.05, 0.1) is 15.2 Å². The summed E-state index contributed by atoms with van der Waals surface area (Å²) >= 11 is 3.47. The topological polar surface area (TPSA) is 38.9 Å². The standard InChI is InChI=1S/C16H16N2S2/c1-10-5-3-4-6-12(10)9-19-15-8-14-16(7-13(15)17)20-11(2)18-14/h3-8H,9,17H2,1-2H3. The van der Waals surface area contributed by atoms with Gasteiger partial charge in [-0.25, -0.2) is 4.98 Å². The number of fused-ring (bicyclic) bond motifs is 1. The number of aromatic nitrogens is 1. The van der Waals surface area contributed by atoms with Crippen LogP contribution in [-0.4, -0.2) is 4.98 Å². The van der Waals surface area contributed by atoms with Crippen LogP contribution in [0.2, 0.25) is 0 Å². The Kier molecular flexibility index (Phi) is 3.68. The molecule has 3 rings (SSSR count). The van der Waals surface area contributed by atoms with E-state index in [4.69, 9.17) is 5.73 Å². The van der Waals surface area contributed by atoms with Gasteiger partial charge in [0.25, 0.3) is 0 Å². The van der Waals surface area contributed by atoms with Crippen LogP contribution in [0.3, 0.4) is 0 Å². The lowest BCUT2D eigenvalue weighted by atomic mass is 10.1. The zero-order chi connectivity index (χ0) is 14.1. The Morgan fingerprint density at radius 2 is 2.00 bits per heavy atom. The van der Waals surface area contributed by atoms with Crippen molar-refractivity contribution in [2.45, 2.75) is 24.5 Å². The number of hydrogen-bond donors (Lipinski definition) is 1. The molecule has 0 aliphatic heterocycles. The van der Waals surface area contributed by atoms with Gasteiger partial charge in [-0.15, -0.1) is 23.1 Å². The number of nitrogens with two attached hydrogens (primary N) is 1. The molecule has 0 fully saturated rings. The van der Waals surface area contributed by atoms with E-state index < -0.39 is 0 Å². The van der Waals surface area contributed by atoms with E-state index in [1.807, 2.05) is 13.0 Å². The maximum atomic E-state index is 6.16. The normalized spacial score (nSPS) is 11.1. The van der Waals surface area contributed by atoms with E-state index in [-0.39, 0.29) is 0 Å². The Bertz CT molecular complexity index is 762. The molecule has 2 N–H and O–H groups in total. The molecule has 20 heavy (non-hydrogen) atoms. The van der Waals surface area contributed by atoms with Gasteiger partial charge < -0.3 is 5.73 Å². The Hall–Kier alpha value is -1.52. The van der Waals surface area contributed by atoms with E-state index in [0.717, 1.165) is 26.9 Å². The zero-order valence-electron chi connectivity index (χ0n) is 11.5. The first-order valence-corrected chi connectivity index (χ1v) is 8.27. The third-order valence-electron chi connectivity index (χ3n) is 3.27. The summed E-state index contributed by atoms with van der Waals surface area (Å²) in [6.45, 7) is 4.17. The van der Waals surface area contributed by atoms with Crippen molar-refractivity contribution < 1.29 is 0 Å². The number of benzene rings is 2. The van der Waals surface area contributed by atoms with E-state index in [1.54, 1.807) is 23.1 Å². The fraction of sp³-hybridized carbons (Fsp3) is 0.188. The van der Waals surface area contributed by atoms with Gasteiger partial charge >= 0.3 is 0 Å². The van der Waals surface area contributed by atoms with Crippen molar-refractivity contribution in [3.63, 3.8) is 0 Å². The highest BCUT2D eigenvalue weighted by Crippen LogP contribution is 2.34. The molecule has 0 atom stereocenters. The van der Waals surface area contributed by atoms with E-state index in [0.29, 0.717) is 0 Å². The smallest absolute Gasteiger partial charge is 0.0907 e. The van der Waals surface area contributed by atoms with Crippen molar-refractivity contribution >= 4 is 39.0 Å². The molecule has 0 aliphatic carbocycles. The molecule has 2 nitrogen and oxygen atoms in total. The average molecular weight is 300 g/mol. The molecular formula is C16H16N2S2. The lowest BCUT2D eigenvalue weighted by Crippen LogP contribution is -1.90. The minimum Gasteiger partial charge on any atom is -0.398 e. The van der Waals surface area contributed by atoms with Gasteiger partial charge in [0.2, 0.25) is 0 Å². The van der Waals surface area contributed by atoms with Crippen LogP contribution < -0.4 is 5.73 Å². The molecule has 0 saturated carbocycles. The number of nitrogen functional groups attached to an aromatic ring is 1. The van der Waals surface area contributed by atoms with Crippen LogP contribution in [0.25, 0.3) is 10.2 Å². The molecule has 2 aromatic carbocycles. The van der Waals surface area contributed by atoms with Crippen LogP contribution in [0, 0.1) is 13.8 Å². The van der Waals surface area contributed by atoms with Gasteiger partial charge in [-0.3, -0.25) is 0 Å². The molecule has 0 aliphatic rings. The summed E-state index contributed by atoms with van der Waals surface area (Å²) in [6, 6.07) is 12.6. The zero-order valence-corrected chi connectivity index (χ0v) is 13.1. The van der Waals surface area contributed by atoms with E-state index in [1.165, 1.54) is 15.8 Å². The summed E-state index contributed by atoms with van der Waals surface area (Å²) in [4.78, 5) is 5.65. The molecular weight excluding hydrogens is 284 g/mol. The van der Waals surface area contributed by atoms with Crippen molar-refractivity contribution in [1.82, 2.24) is 4.98 Å². The SMILES string of the molecule is Cc1nc2cc(SCc3ccccc3C)c(N)cc2s1. The van der Waals surface area contributed by atoms with Crippen LogP contribution >= 0.6 is 23.1 Å². The predicted molar refractivity (Wildman–Crippen MR) is 89.5 cm³/mol. The summed E-state index contributed by atoms with van der Waals surface area (Å²) < 4.78 is 1.17. The van der Waals surface area contributed by atoms with Gasteiger partial charge in [0, 0.05) is 16.3 Å². The van der Waals surface area contributed by atoms with Gasteiger partial charge in [0.1, 0.15) is 0 Å². The Labute approximate surface area is 127 Å². The second-order valence-corrected chi connectivity index (χ2v) is 7.06. The monoisotopic (exact) mass is 300 g/mol. The maximum absolute atomic E-state index is 6.16. The second-order valence-electron chi connectivity index (χ2n) is 4.81. The molecule has 1 heterocycles. The van der Waals surface area contributed by atoms with Gasteiger partial charge in [-0.05, 0) is 37.1 Å². The first-order valence-electron chi connectivity index (χ1n) is 6.47. The molecule has 0 spiro atoms. The second kappa shape index (κ2) is 5.46. The number of anilines is 1. The van der Waals surface area contributed by atoms with Crippen molar-refractivity contribution in [3.8, 4) is 0 Å². The van der Waals surface area contributed by atoms with Crippen LogP contribution in [0.4, 0.5) is 5.69 Å². The molecule has 102 valence electrons. The number of aryl methyl sites for hydroxylation is 2. The minimum atomic E-state index is 0.847. The molecule has 0 amide bonds. The largest absolute Gasteiger partial charge is 0.398 e. The van der Waals surface area contributed by atoms with E-state index in [9.17, 15) is 0 Å². The van der Waals surface area contributed by atoms with Gasteiger partial charge in [-0.1, -0.05) is 24.3 Å². The van der Waals surface area contributed by atoms with Crippen LogP contribution in [0.5, 0.6) is 0 Å². The Morgan fingerprint density at radius 1 is 1.20 bits per heavy atom. The molecule has 0 unspecified atom stereocenters. The predicted octanol–water partition coefficient (Wildman–Crippen LogP) is 4.79. The molecule has 0 radical (unpaired) electrons. The fourth-order valence-corrected chi connectivity index (χ4v) is 4.05. The average Bonchev–Trinajstić information content (AvgIpc) is 2.76. The third kappa shape index (κ3) is 2.67. The number of nitrogens with zero attached hydrogens (tertiary/aromatic N) is 1. The number of thioether (sulfide) groups is 1. The van der Waals surface area contributed by atoms with E-state index in [2.05, 4.69) is 42.2 Å². The van der Waals surface area contributed by atoms with Crippen LogP contribution in [0.1, 0.15) is 16.1 Å². The van der Waals surface area contributed by atoms with E-state index >= 15 is 0 Å². The molecule has 3 aromatic rings. The summed E-state index contributed by atoms with van der Waals surface area (Å²) in [5.74, 6) is 0.936. The lowest BCUT2D eigenvalue weighted by molar-refractivity contribution is 1.30. The fourth-order valence-electron chi connectivity index (χ4n) is 2.14. The molecule has 0 bridgehead atoms. The number of thiazole rings is 1. The summed E-state index contributed by atoms with van der Waals surface area (Å²) in [6.07, 6.45) is 0. The van der Waals surface area contributed by atoms with Crippen LogP contribution in [-0.2, 0) is 5.75 Å². The quantitative estimate of drug-likeness (QED) is 0.558. The highest BCUT2D eigenvalue weighted by molar-refractivity contribution is 7.98. The van der Waals surface area contributed by atoms with Crippen molar-refractivity contribution in [1.29, 1.82) is 0 Å². The first kappa shape index (κ1) is 13.5. The van der Waals surface area contributed by atoms with Crippen molar-refractivity contribution in [2.24, 2.45) is 0 Å². The third-order valence-corrected chi connectivity index (χ3v) is 5.32. The van der Waals surface area contributed by atoms with Crippen molar-refractivity contribution in [3.05, 3.63) is 52.5 Å². The number of hydrogen-bond acceptors (Lipinski definition) is 4. The molecule has 0 saturated heterocycles. The minimum absolute atomic E-state index is 0.847. The maximum Gasteiger partial charge on any atom is 0.0907 e. The van der Waals surface area contributed by atoms with Gasteiger partial charge in [-0.2, -0.15) is 0 Å². The van der Waals surface area contributed by atoms with Crippen LogP contribution in [0.15, 0.2) is 41.3 Å². The summed E-state index contributed by atoms with van der Waals surface area (Å²) in [7, 11) is 0. The highest BCUT2D eigenvalue weighted by Gasteiger charge is 2.07.